The first-order valence-corrected chi connectivity index (χ1v) is 17.0. The molecule has 0 aliphatic heterocycles. The van der Waals surface area contributed by atoms with Gasteiger partial charge in [-0.05, 0) is 86.9 Å². The largest absolute Gasteiger partial charge is 0.310 e. The van der Waals surface area contributed by atoms with Gasteiger partial charge < -0.3 is 4.90 Å². The Morgan fingerprint density at radius 3 is 1.75 bits per heavy atom. The Balaban J connectivity index is 1.32. The second-order valence-corrected chi connectivity index (χ2v) is 13.0. The first-order valence-electron chi connectivity index (χ1n) is 16.2. The molecule has 0 aliphatic rings. The van der Waals surface area contributed by atoms with Crippen molar-refractivity contribution in [3.05, 3.63) is 182 Å². The van der Waals surface area contributed by atoms with Crippen molar-refractivity contribution >= 4 is 60.2 Å². The van der Waals surface area contributed by atoms with Crippen molar-refractivity contribution in [3.63, 3.8) is 0 Å². The van der Waals surface area contributed by atoms with Crippen molar-refractivity contribution in [2.24, 2.45) is 0 Å². The third-order valence-electron chi connectivity index (χ3n) is 9.04. The number of anilines is 3. The van der Waals surface area contributed by atoms with E-state index < -0.39 is 0 Å². The van der Waals surface area contributed by atoms with Gasteiger partial charge in [-0.3, -0.25) is 0 Å². The molecule has 0 fully saturated rings. The van der Waals surface area contributed by atoms with Crippen LogP contribution >= 0.6 is 11.3 Å². The summed E-state index contributed by atoms with van der Waals surface area (Å²) in [6, 6.07) is 65.1. The Morgan fingerprint density at radius 1 is 0.417 bits per heavy atom. The number of hydrogen-bond donors (Lipinski definition) is 0. The fourth-order valence-corrected chi connectivity index (χ4v) is 7.93. The first kappa shape index (κ1) is 28.2. The smallest absolute Gasteiger partial charge is 0.124 e. The molecule has 0 unspecified atom stereocenters. The first-order chi connectivity index (χ1) is 23.8. The van der Waals surface area contributed by atoms with Gasteiger partial charge in [0.05, 0.1) is 10.2 Å². The molecule has 0 aliphatic carbocycles. The van der Waals surface area contributed by atoms with Crippen LogP contribution in [-0.2, 0) is 0 Å². The van der Waals surface area contributed by atoms with Crippen molar-refractivity contribution in [2.75, 3.05) is 4.90 Å². The zero-order valence-electron chi connectivity index (χ0n) is 26.1. The van der Waals surface area contributed by atoms with Gasteiger partial charge in [-0.1, -0.05) is 133 Å². The fourth-order valence-electron chi connectivity index (χ4n) is 6.79. The number of hydrogen-bond acceptors (Lipinski definition) is 3. The molecule has 9 rings (SSSR count). The molecule has 48 heavy (non-hydrogen) atoms. The number of para-hydroxylation sites is 1. The van der Waals surface area contributed by atoms with Gasteiger partial charge in [-0.2, -0.15) is 0 Å². The summed E-state index contributed by atoms with van der Waals surface area (Å²) in [6.45, 7) is 0. The van der Waals surface area contributed by atoms with Gasteiger partial charge in [0.15, 0.2) is 0 Å². The number of aromatic nitrogens is 1. The van der Waals surface area contributed by atoms with Gasteiger partial charge in [0.1, 0.15) is 5.01 Å². The molecule has 0 saturated heterocycles. The lowest BCUT2D eigenvalue weighted by Gasteiger charge is -2.27. The lowest BCUT2D eigenvalue weighted by molar-refractivity contribution is 1.29. The standard InChI is InChI=1S/C45H30N2S/c1-5-14-31(15-6-1)34-20-13-23-37(28-34)47(36-21-11-4-12-22-36)38-25-26-39-40(32-16-7-2-8-17-32)29-35-24-27-42-44(43(35)41(39)30-38)48-45(46-42)33-18-9-3-10-19-33/h1-30H. The van der Waals surface area contributed by atoms with E-state index in [1.165, 1.54) is 48.5 Å². The fraction of sp³-hybridized carbons (Fsp3) is 0. The molecule has 0 saturated carbocycles. The Kier molecular flexibility index (Phi) is 7.03. The zero-order chi connectivity index (χ0) is 31.9. The minimum Gasteiger partial charge on any atom is -0.310 e. The van der Waals surface area contributed by atoms with Crippen molar-refractivity contribution < 1.29 is 0 Å². The minimum absolute atomic E-state index is 1.03. The lowest BCUT2D eigenvalue weighted by Crippen LogP contribution is -2.10. The van der Waals surface area contributed by atoms with Crippen LogP contribution in [0.5, 0.6) is 0 Å². The highest BCUT2D eigenvalue weighted by molar-refractivity contribution is 7.22. The topological polar surface area (TPSA) is 16.1 Å². The van der Waals surface area contributed by atoms with Gasteiger partial charge in [-0.15, -0.1) is 11.3 Å². The summed E-state index contributed by atoms with van der Waals surface area (Å²) in [5, 5.41) is 5.95. The van der Waals surface area contributed by atoms with Crippen LogP contribution in [0.4, 0.5) is 17.1 Å². The summed E-state index contributed by atoms with van der Waals surface area (Å²) in [6.07, 6.45) is 0. The van der Waals surface area contributed by atoms with Crippen molar-refractivity contribution in [1.82, 2.24) is 4.98 Å². The van der Waals surface area contributed by atoms with Crippen LogP contribution in [0.2, 0.25) is 0 Å². The molecule has 0 bridgehead atoms. The maximum atomic E-state index is 5.12. The maximum absolute atomic E-state index is 5.12. The summed E-state index contributed by atoms with van der Waals surface area (Å²) >= 11 is 1.78. The van der Waals surface area contributed by atoms with E-state index in [-0.39, 0.29) is 0 Å². The van der Waals surface area contributed by atoms with Crippen LogP contribution in [0.15, 0.2) is 182 Å². The van der Waals surface area contributed by atoms with E-state index in [2.05, 4.69) is 187 Å². The number of nitrogens with zero attached hydrogens (tertiary/aromatic N) is 2. The van der Waals surface area contributed by atoms with Crippen molar-refractivity contribution in [1.29, 1.82) is 0 Å². The van der Waals surface area contributed by atoms with Crippen LogP contribution in [0, 0.1) is 0 Å². The van der Waals surface area contributed by atoms with Gasteiger partial charge in [0.25, 0.3) is 0 Å². The third kappa shape index (κ3) is 5.02. The zero-order valence-corrected chi connectivity index (χ0v) is 26.9. The van der Waals surface area contributed by atoms with Gasteiger partial charge >= 0.3 is 0 Å². The average Bonchev–Trinajstić information content (AvgIpc) is 3.61. The number of benzene rings is 8. The predicted molar refractivity (Wildman–Crippen MR) is 206 cm³/mol. The minimum atomic E-state index is 1.03. The maximum Gasteiger partial charge on any atom is 0.124 e. The van der Waals surface area contributed by atoms with Crippen LogP contribution in [0.1, 0.15) is 0 Å². The van der Waals surface area contributed by atoms with Crippen molar-refractivity contribution in [3.8, 4) is 32.8 Å². The summed E-state index contributed by atoms with van der Waals surface area (Å²) in [4.78, 5) is 7.49. The molecule has 3 heteroatoms. The van der Waals surface area contributed by atoms with Crippen LogP contribution in [0.3, 0.4) is 0 Å². The van der Waals surface area contributed by atoms with Crippen LogP contribution in [-0.4, -0.2) is 4.98 Å². The average molecular weight is 631 g/mol. The molecular formula is C45H30N2S. The number of fused-ring (bicyclic) bond motifs is 5. The molecule has 9 aromatic rings. The lowest BCUT2D eigenvalue weighted by atomic mass is 9.92. The monoisotopic (exact) mass is 630 g/mol. The number of rotatable bonds is 6. The highest BCUT2D eigenvalue weighted by atomic mass is 32.1. The van der Waals surface area contributed by atoms with Gasteiger partial charge in [0, 0.05) is 28.0 Å². The number of thiazole rings is 1. The van der Waals surface area contributed by atoms with Gasteiger partial charge in [-0.25, -0.2) is 4.98 Å². The van der Waals surface area contributed by atoms with E-state index in [0.29, 0.717) is 0 Å². The molecule has 0 N–H and O–H groups in total. The molecule has 226 valence electrons. The molecule has 8 aromatic carbocycles. The Morgan fingerprint density at radius 2 is 1.02 bits per heavy atom. The molecular weight excluding hydrogens is 601 g/mol. The highest BCUT2D eigenvalue weighted by Crippen LogP contribution is 2.45. The SMILES string of the molecule is c1ccc(-c2cccc(N(c3ccccc3)c3ccc4c(-c5ccccc5)cc5ccc6nc(-c7ccccc7)sc6c5c4c3)c2)cc1. The second-order valence-electron chi connectivity index (χ2n) is 12.0. The van der Waals surface area contributed by atoms with Crippen molar-refractivity contribution in [2.45, 2.75) is 0 Å². The van der Waals surface area contributed by atoms with Crippen LogP contribution < -0.4 is 4.90 Å². The normalized spacial score (nSPS) is 11.3. The molecule has 1 aromatic heterocycles. The molecule has 0 atom stereocenters. The Bertz CT molecular complexity index is 2540. The second kappa shape index (κ2) is 12.0. The quantitative estimate of drug-likeness (QED) is 0.170. The van der Waals surface area contributed by atoms with E-state index >= 15 is 0 Å². The van der Waals surface area contributed by atoms with E-state index in [0.717, 1.165) is 33.1 Å². The predicted octanol–water partition coefficient (Wildman–Crippen LogP) is 13.1. The van der Waals surface area contributed by atoms with E-state index in [1.54, 1.807) is 11.3 Å². The van der Waals surface area contributed by atoms with E-state index in [4.69, 9.17) is 4.98 Å². The van der Waals surface area contributed by atoms with E-state index in [1.807, 2.05) is 0 Å². The summed E-state index contributed by atoms with van der Waals surface area (Å²) in [5.41, 5.74) is 10.3. The summed E-state index contributed by atoms with van der Waals surface area (Å²) in [7, 11) is 0. The molecule has 0 radical (unpaired) electrons. The molecule has 0 amide bonds. The molecule has 1 heterocycles. The summed E-state index contributed by atoms with van der Waals surface area (Å²) in [5.74, 6) is 0. The highest BCUT2D eigenvalue weighted by Gasteiger charge is 2.19. The molecule has 2 nitrogen and oxygen atoms in total. The Hall–Kier alpha value is -6.03. The summed E-state index contributed by atoms with van der Waals surface area (Å²) < 4.78 is 1.21. The van der Waals surface area contributed by atoms with Gasteiger partial charge in [0.2, 0.25) is 0 Å². The van der Waals surface area contributed by atoms with Crippen LogP contribution in [0.25, 0.3) is 64.6 Å². The third-order valence-corrected chi connectivity index (χ3v) is 10.2. The Labute approximate surface area is 283 Å². The van der Waals surface area contributed by atoms with E-state index in [9.17, 15) is 0 Å². The molecule has 0 spiro atoms.